The van der Waals surface area contributed by atoms with E-state index in [4.69, 9.17) is 5.11 Å². The van der Waals surface area contributed by atoms with Crippen molar-refractivity contribution in [1.82, 2.24) is 4.57 Å². The van der Waals surface area contributed by atoms with E-state index in [0.717, 1.165) is 5.92 Å². The third kappa shape index (κ3) is 2.14. The maximum absolute atomic E-state index is 10.8. The molecule has 1 N–H and O–H groups in total. The normalized spacial score (nSPS) is 15.1. The fourth-order valence-electron chi connectivity index (χ4n) is 2.88. The number of hydrogen-bond donors (Lipinski definition) is 1. The van der Waals surface area contributed by atoms with Crippen LogP contribution in [0, 0.1) is 6.92 Å². The summed E-state index contributed by atoms with van der Waals surface area (Å²) in [7, 11) is 2.05. The summed E-state index contributed by atoms with van der Waals surface area (Å²) in [5.41, 5.74) is 5.00. The fraction of sp³-hybridized carbons (Fsp3) is 0.438. The lowest BCUT2D eigenvalue weighted by Gasteiger charge is -2.01. The average Bonchev–Trinajstić information content (AvgIpc) is 3.18. The lowest BCUT2D eigenvalue weighted by molar-refractivity contribution is -0.136. The van der Waals surface area contributed by atoms with Crippen LogP contribution in [-0.2, 0) is 18.3 Å². The van der Waals surface area contributed by atoms with Crippen LogP contribution in [0.4, 0.5) is 0 Å². The molecular formula is C16H19NO2. The van der Waals surface area contributed by atoms with Crippen molar-refractivity contribution in [3.05, 3.63) is 35.0 Å². The van der Waals surface area contributed by atoms with Crippen LogP contribution in [0.15, 0.2) is 18.2 Å². The summed E-state index contributed by atoms with van der Waals surface area (Å²) in [5.74, 6) is 0.00647. The zero-order valence-corrected chi connectivity index (χ0v) is 11.4. The molecule has 1 fully saturated rings. The molecule has 0 amide bonds. The number of carbonyl (C=O) groups is 1. The maximum Gasteiger partial charge on any atom is 0.303 e. The van der Waals surface area contributed by atoms with Crippen molar-refractivity contribution in [2.75, 3.05) is 0 Å². The Morgan fingerprint density at radius 1 is 1.42 bits per heavy atom. The molecule has 1 aliphatic rings. The molecule has 0 bridgehead atoms. The molecule has 1 aliphatic carbocycles. The zero-order valence-electron chi connectivity index (χ0n) is 11.4. The van der Waals surface area contributed by atoms with E-state index in [2.05, 4.69) is 36.7 Å². The molecule has 3 heteroatoms. The second kappa shape index (κ2) is 4.41. The van der Waals surface area contributed by atoms with Gasteiger partial charge in [-0.15, -0.1) is 0 Å². The van der Waals surface area contributed by atoms with Crippen LogP contribution in [0.5, 0.6) is 0 Å². The first kappa shape index (κ1) is 12.3. The summed E-state index contributed by atoms with van der Waals surface area (Å²) in [6.07, 6.45) is 3.41. The summed E-state index contributed by atoms with van der Waals surface area (Å²) >= 11 is 0. The molecule has 0 radical (unpaired) electrons. The number of aryl methyl sites for hydroxylation is 2. The van der Waals surface area contributed by atoms with Gasteiger partial charge in [-0.05, 0) is 55.4 Å². The summed E-state index contributed by atoms with van der Waals surface area (Å²) in [6.45, 7) is 2.08. The van der Waals surface area contributed by atoms with Crippen molar-refractivity contribution in [2.45, 2.75) is 38.5 Å². The fourth-order valence-corrected chi connectivity index (χ4v) is 2.88. The van der Waals surface area contributed by atoms with E-state index >= 15 is 0 Å². The van der Waals surface area contributed by atoms with Crippen LogP contribution in [0.2, 0.25) is 0 Å². The molecule has 3 nitrogen and oxygen atoms in total. The summed E-state index contributed by atoms with van der Waals surface area (Å²) in [5, 5.41) is 10.1. The predicted molar refractivity (Wildman–Crippen MR) is 75.6 cm³/mol. The van der Waals surface area contributed by atoms with E-state index in [1.54, 1.807) is 0 Å². The van der Waals surface area contributed by atoms with Crippen molar-refractivity contribution >= 4 is 16.9 Å². The number of aliphatic carboxylic acids is 1. The van der Waals surface area contributed by atoms with Crippen molar-refractivity contribution in [1.29, 1.82) is 0 Å². The van der Waals surface area contributed by atoms with Crippen LogP contribution in [0.25, 0.3) is 10.9 Å². The third-order valence-corrected chi connectivity index (χ3v) is 4.28. The van der Waals surface area contributed by atoms with Gasteiger partial charge in [0.05, 0.1) is 0 Å². The van der Waals surface area contributed by atoms with E-state index < -0.39 is 5.97 Å². The van der Waals surface area contributed by atoms with Gasteiger partial charge in [-0.3, -0.25) is 4.79 Å². The number of benzene rings is 1. The minimum atomic E-state index is -0.727. The first-order chi connectivity index (χ1) is 9.08. The SMILES string of the molecule is Cc1c(CCC(=O)O)c2cc(C3CC3)ccc2n1C. The van der Waals surface area contributed by atoms with Crippen molar-refractivity contribution in [3.63, 3.8) is 0 Å². The van der Waals surface area contributed by atoms with E-state index in [1.165, 1.54) is 40.6 Å². The Balaban J connectivity index is 2.09. The number of fused-ring (bicyclic) bond motifs is 1. The smallest absolute Gasteiger partial charge is 0.303 e. The summed E-state index contributed by atoms with van der Waals surface area (Å²) < 4.78 is 2.17. The molecule has 100 valence electrons. The van der Waals surface area contributed by atoms with Gasteiger partial charge < -0.3 is 9.67 Å². The predicted octanol–water partition coefficient (Wildman–Crippen LogP) is 3.38. The van der Waals surface area contributed by atoms with Gasteiger partial charge in [-0.25, -0.2) is 0 Å². The Morgan fingerprint density at radius 3 is 2.79 bits per heavy atom. The van der Waals surface area contributed by atoms with Gasteiger partial charge >= 0.3 is 5.97 Å². The quantitative estimate of drug-likeness (QED) is 0.912. The largest absolute Gasteiger partial charge is 0.481 e. The average molecular weight is 257 g/mol. The molecule has 1 saturated carbocycles. The Labute approximate surface area is 112 Å². The molecule has 2 aromatic rings. The topological polar surface area (TPSA) is 42.2 Å². The molecule has 1 aromatic heterocycles. The van der Waals surface area contributed by atoms with E-state index in [-0.39, 0.29) is 6.42 Å². The van der Waals surface area contributed by atoms with E-state index in [1.807, 2.05) is 0 Å². The first-order valence-corrected chi connectivity index (χ1v) is 6.87. The second-order valence-electron chi connectivity index (χ2n) is 5.57. The highest BCUT2D eigenvalue weighted by atomic mass is 16.4. The highest BCUT2D eigenvalue weighted by Gasteiger charge is 2.24. The van der Waals surface area contributed by atoms with Gasteiger partial charge in [0.2, 0.25) is 0 Å². The molecule has 0 atom stereocenters. The van der Waals surface area contributed by atoms with Crippen LogP contribution in [0.3, 0.4) is 0 Å². The van der Waals surface area contributed by atoms with E-state index in [9.17, 15) is 4.79 Å². The summed E-state index contributed by atoms with van der Waals surface area (Å²) in [4.78, 5) is 10.8. The van der Waals surface area contributed by atoms with Gasteiger partial charge in [0, 0.05) is 30.1 Å². The zero-order chi connectivity index (χ0) is 13.6. The summed E-state index contributed by atoms with van der Waals surface area (Å²) in [6, 6.07) is 6.68. The van der Waals surface area contributed by atoms with Crippen LogP contribution >= 0.6 is 0 Å². The number of carboxylic acids is 1. The number of nitrogens with zero attached hydrogens (tertiary/aromatic N) is 1. The van der Waals surface area contributed by atoms with Gasteiger partial charge in [-0.2, -0.15) is 0 Å². The molecule has 3 rings (SSSR count). The first-order valence-electron chi connectivity index (χ1n) is 6.87. The Kier molecular flexibility index (Phi) is 2.85. The van der Waals surface area contributed by atoms with E-state index in [0.29, 0.717) is 6.42 Å². The molecule has 0 saturated heterocycles. The third-order valence-electron chi connectivity index (χ3n) is 4.28. The number of aromatic nitrogens is 1. The minimum absolute atomic E-state index is 0.202. The van der Waals surface area contributed by atoms with Crippen LogP contribution in [0.1, 0.15) is 42.0 Å². The molecule has 1 heterocycles. The van der Waals surface area contributed by atoms with Crippen LogP contribution in [-0.4, -0.2) is 15.6 Å². The number of hydrogen-bond acceptors (Lipinski definition) is 1. The number of rotatable bonds is 4. The molecule has 0 aliphatic heterocycles. The number of carboxylic acid groups (broad SMARTS) is 1. The van der Waals surface area contributed by atoms with Crippen LogP contribution < -0.4 is 0 Å². The van der Waals surface area contributed by atoms with Gasteiger partial charge in [-0.1, -0.05) is 6.07 Å². The lowest BCUT2D eigenvalue weighted by atomic mass is 10.0. The minimum Gasteiger partial charge on any atom is -0.481 e. The molecule has 0 spiro atoms. The van der Waals surface area contributed by atoms with Gasteiger partial charge in [0.25, 0.3) is 0 Å². The van der Waals surface area contributed by atoms with Gasteiger partial charge in [0.15, 0.2) is 0 Å². The van der Waals surface area contributed by atoms with Crippen molar-refractivity contribution in [3.8, 4) is 0 Å². The van der Waals surface area contributed by atoms with Crippen molar-refractivity contribution < 1.29 is 9.90 Å². The Bertz CT molecular complexity index is 650. The Morgan fingerprint density at radius 2 is 2.16 bits per heavy atom. The molecule has 0 unspecified atom stereocenters. The Hall–Kier alpha value is -1.77. The molecule has 1 aromatic carbocycles. The highest BCUT2D eigenvalue weighted by Crippen LogP contribution is 2.41. The monoisotopic (exact) mass is 257 g/mol. The lowest BCUT2D eigenvalue weighted by Crippen LogP contribution is -1.99. The molecular weight excluding hydrogens is 238 g/mol. The van der Waals surface area contributed by atoms with Gasteiger partial charge in [0.1, 0.15) is 0 Å². The molecule has 19 heavy (non-hydrogen) atoms. The standard InChI is InChI=1S/C16H19NO2/c1-10-13(6-8-16(18)19)14-9-12(11-3-4-11)5-7-15(14)17(10)2/h5,7,9,11H,3-4,6,8H2,1-2H3,(H,18,19). The highest BCUT2D eigenvalue weighted by molar-refractivity contribution is 5.86. The van der Waals surface area contributed by atoms with Crippen molar-refractivity contribution in [2.24, 2.45) is 7.05 Å². The maximum atomic E-state index is 10.8. The second-order valence-corrected chi connectivity index (χ2v) is 5.57.